The zero-order valence-electron chi connectivity index (χ0n) is 12.9. The van der Waals surface area contributed by atoms with E-state index < -0.39 is 0 Å². The van der Waals surface area contributed by atoms with Crippen LogP contribution in [0.5, 0.6) is 0 Å². The highest BCUT2D eigenvalue weighted by Crippen LogP contribution is 2.26. The van der Waals surface area contributed by atoms with E-state index in [-0.39, 0.29) is 0 Å². The first kappa shape index (κ1) is 14.5. The largest absolute Gasteiger partial charge is 0.315 e. The third-order valence-corrected chi connectivity index (χ3v) is 4.50. The SMILES string of the molecule is CCCN(C1CCNC1)C(C)c1ccc(C)c(C)c1. The lowest BCUT2D eigenvalue weighted by Crippen LogP contribution is -2.39. The van der Waals surface area contributed by atoms with Crippen molar-refractivity contribution in [2.24, 2.45) is 0 Å². The van der Waals surface area contributed by atoms with Gasteiger partial charge in [-0.05, 0) is 63.4 Å². The zero-order chi connectivity index (χ0) is 13.8. The summed E-state index contributed by atoms with van der Waals surface area (Å²) in [4.78, 5) is 2.68. The first-order valence-corrected chi connectivity index (χ1v) is 7.67. The van der Waals surface area contributed by atoms with Gasteiger partial charge in [-0.25, -0.2) is 0 Å². The fourth-order valence-electron chi connectivity index (χ4n) is 3.09. The first-order valence-electron chi connectivity index (χ1n) is 7.67. The van der Waals surface area contributed by atoms with Gasteiger partial charge in [0.25, 0.3) is 0 Å². The second kappa shape index (κ2) is 6.53. The summed E-state index contributed by atoms with van der Waals surface area (Å²) < 4.78 is 0. The van der Waals surface area contributed by atoms with E-state index in [1.807, 2.05) is 0 Å². The Morgan fingerprint density at radius 2 is 2.11 bits per heavy atom. The molecule has 0 saturated carbocycles. The van der Waals surface area contributed by atoms with E-state index in [9.17, 15) is 0 Å². The highest BCUT2D eigenvalue weighted by atomic mass is 15.2. The van der Waals surface area contributed by atoms with Crippen LogP contribution in [0.2, 0.25) is 0 Å². The molecule has 2 unspecified atom stereocenters. The second-order valence-corrected chi connectivity index (χ2v) is 5.90. The summed E-state index contributed by atoms with van der Waals surface area (Å²) in [5, 5.41) is 3.50. The molecule has 0 bridgehead atoms. The average molecular weight is 260 g/mol. The summed E-state index contributed by atoms with van der Waals surface area (Å²) in [6, 6.07) is 8.15. The van der Waals surface area contributed by atoms with Gasteiger partial charge in [0, 0.05) is 18.6 Å². The van der Waals surface area contributed by atoms with Crippen LogP contribution in [0.15, 0.2) is 18.2 Å². The third-order valence-electron chi connectivity index (χ3n) is 4.50. The van der Waals surface area contributed by atoms with Crippen molar-refractivity contribution in [3.8, 4) is 0 Å². The topological polar surface area (TPSA) is 15.3 Å². The van der Waals surface area contributed by atoms with Crippen molar-refractivity contribution in [1.82, 2.24) is 10.2 Å². The van der Waals surface area contributed by atoms with Crippen molar-refractivity contribution < 1.29 is 0 Å². The van der Waals surface area contributed by atoms with Gasteiger partial charge >= 0.3 is 0 Å². The lowest BCUT2D eigenvalue weighted by atomic mass is 9.99. The van der Waals surface area contributed by atoms with Crippen LogP contribution in [-0.2, 0) is 0 Å². The minimum Gasteiger partial charge on any atom is -0.315 e. The van der Waals surface area contributed by atoms with Crippen LogP contribution in [0.25, 0.3) is 0 Å². The Morgan fingerprint density at radius 1 is 1.32 bits per heavy atom. The van der Waals surface area contributed by atoms with Crippen LogP contribution in [-0.4, -0.2) is 30.6 Å². The maximum Gasteiger partial charge on any atom is 0.0323 e. The summed E-state index contributed by atoms with van der Waals surface area (Å²) >= 11 is 0. The predicted octanol–water partition coefficient (Wildman–Crippen LogP) is 3.44. The van der Waals surface area contributed by atoms with Crippen molar-refractivity contribution in [2.75, 3.05) is 19.6 Å². The number of rotatable bonds is 5. The Labute approximate surface area is 118 Å². The molecule has 2 nitrogen and oxygen atoms in total. The second-order valence-electron chi connectivity index (χ2n) is 5.90. The highest BCUT2D eigenvalue weighted by Gasteiger charge is 2.26. The Bertz CT molecular complexity index is 408. The normalized spacial score (nSPS) is 21.0. The molecule has 1 heterocycles. The van der Waals surface area contributed by atoms with Crippen LogP contribution < -0.4 is 5.32 Å². The fraction of sp³-hybridized carbons (Fsp3) is 0.647. The first-order chi connectivity index (χ1) is 9.13. The minimum atomic E-state index is 0.518. The summed E-state index contributed by atoms with van der Waals surface area (Å²) in [6.07, 6.45) is 2.51. The molecule has 1 fully saturated rings. The van der Waals surface area contributed by atoms with E-state index in [4.69, 9.17) is 0 Å². The van der Waals surface area contributed by atoms with Crippen molar-refractivity contribution >= 4 is 0 Å². The number of nitrogens with zero attached hydrogens (tertiary/aromatic N) is 1. The standard InChI is InChI=1S/C17H28N2/c1-5-10-19(17-8-9-18-12-17)15(4)16-7-6-13(2)14(3)11-16/h6-7,11,15,17-18H,5,8-10,12H2,1-4H3. The van der Waals surface area contributed by atoms with Crippen LogP contribution in [0, 0.1) is 13.8 Å². The summed E-state index contributed by atoms with van der Waals surface area (Å²) in [7, 11) is 0. The van der Waals surface area contributed by atoms with Crippen molar-refractivity contribution in [3.05, 3.63) is 34.9 Å². The van der Waals surface area contributed by atoms with Crippen LogP contribution in [0.3, 0.4) is 0 Å². The molecule has 0 radical (unpaired) electrons. The smallest absolute Gasteiger partial charge is 0.0323 e. The molecule has 106 valence electrons. The summed E-state index contributed by atoms with van der Waals surface area (Å²) in [5.41, 5.74) is 4.26. The number of aryl methyl sites for hydroxylation is 2. The van der Waals surface area contributed by atoms with E-state index in [1.54, 1.807) is 0 Å². The quantitative estimate of drug-likeness (QED) is 0.872. The van der Waals surface area contributed by atoms with Gasteiger partial charge < -0.3 is 5.32 Å². The number of hydrogen-bond donors (Lipinski definition) is 1. The van der Waals surface area contributed by atoms with Crippen LogP contribution in [0.1, 0.15) is 49.4 Å². The minimum absolute atomic E-state index is 0.518. The Morgan fingerprint density at radius 3 is 2.68 bits per heavy atom. The fourth-order valence-corrected chi connectivity index (χ4v) is 3.09. The molecule has 0 spiro atoms. The summed E-state index contributed by atoms with van der Waals surface area (Å²) in [6.45, 7) is 12.6. The van der Waals surface area contributed by atoms with Gasteiger partial charge in [0.05, 0.1) is 0 Å². The Balaban J connectivity index is 2.17. The molecule has 19 heavy (non-hydrogen) atoms. The van der Waals surface area contributed by atoms with E-state index in [0.29, 0.717) is 12.1 Å². The van der Waals surface area contributed by atoms with Gasteiger partial charge in [0.15, 0.2) is 0 Å². The lowest BCUT2D eigenvalue weighted by molar-refractivity contribution is 0.153. The Kier molecular flexibility index (Phi) is 5.00. The summed E-state index contributed by atoms with van der Waals surface area (Å²) in [5.74, 6) is 0. The zero-order valence-corrected chi connectivity index (χ0v) is 12.9. The molecule has 2 atom stereocenters. The average Bonchev–Trinajstić information content (AvgIpc) is 2.92. The predicted molar refractivity (Wildman–Crippen MR) is 82.6 cm³/mol. The van der Waals surface area contributed by atoms with Crippen molar-refractivity contribution in [1.29, 1.82) is 0 Å². The molecule has 0 aromatic heterocycles. The number of nitrogens with one attached hydrogen (secondary N) is 1. The molecule has 0 aliphatic carbocycles. The molecule has 2 rings (SSSR count). The molecule has 1 saturated heterocycles. The van der Waals surface area contributed by atoms with E-state index in [0.717, 1.165) is 6.54 Å². The van der Waals surface area contributed by atoms with E-state index in [2.05, 4.69) is 56.1 Å². The molecule has 0 amide bonds. The van der Waals surface area contributed by atoms with Gasteiger partial charge in [0.2, 0.25) is 0 Å². The van der Waals surface area contributed by atoms with Gasteiger partial charge in [0.1, 0.15) is 0 Å². The van der Waals surface area contributed by atoms with Gasteiger partial charge in [-0.15, -0.1) is 0 Å². The van der Waals surface area contributed by atoms with Gasteiger partial charge in [-0.2, -0.15) is 0 Å². The van der Waals surface area contributed by atoms with Crippen molar-refractivity contribution in [3.63, 3.8) is 0 Å². The molecule has 1 N–H and O–H groups in total. The highest BCUT2D eigenvalue weighted by molar-refractivity contribution is 5.31. The molecule has 1 aliphatic heterocycles. The molecule has 1 aliphatic rings. The van der Waals surface area contributed by atoms with E-state index >= 15 is 0 Å². The van der Waals surface area contributed by atoms with Gasteiger partial charge in [-0.3, -0.25) is 4.90 Å². The van der Waals surface area contributed by atoms with Crippen LogP contribution in [0.4, 0.5) is 0 Å². The maximum atomic E-state index is 3.50. The number of hydrogen-bond acceptors (Lipinski definition) is 2. The van der Waals surface area contributed by atoms with E-state index in [1.165, 1.54) is 42.6 Å². The van der Waals surface area contributed by atoms with Crippen molar-refractivity contribution in [2.45, 2.75) is 52.6 Å². The maximum absolute atomic E-state index is 3.50. The molecule has 2 heteroatoms. The molecular weight excluding hydrogens is 232 g/mol. The Hall–Kier alpha value is -0.860. The van der Waals surface area contributed by atoms with Gasteiger partial charge in [-0.1, -0.05) is 25.1 Å². The molecule has 1 aromatic carbocycles. The number of benzene rings is 1. The molecular formula is C17H28N2. The molecule has 1 aromatic rings. The lowest BCUT2D eigenvalue weighted by Gasteiger charge is -2.34. The third kappa shape index (κ3) is 3.37. The monoisotopic (exact) mass is 260 g/mol. The van der Waals surface area contributed by atoms with Crippen LogP contribution >= 0.6 is 0 Å².